The van der Waals surface area contributed by atoms with Gasteiger partial charge in [-0.2, -0.15) is 0 Å². The van der Waals surface area contributed by atoms with Crippen molar-refractivity contribution in [3.05, 3.63) is 40.9 Å². The molecular formula is C19H25N3O4S. The molecule has 0 saturated carbocycles. The molecule has 0 aromatic carbocycles. The number of rotatable bonds is 8. The smallest absolute Gasteiger partial charge is 0.341 e. The summed E-state index contributed by atoms with van der Waals surface area (Å²) < 4.78 is 10.3. The fraction of sp³-hybridized carbons (Fsp3) is 0.474. The van der Waals surface area contributed by atoms with Gasteiger partial charge in [0.25, 0.3) is 5.91 Å². The van der Waals surface area contributed by atoms with Crippen LogP contribution in [0.4, 0.5) is 0 Å². The van der Waals surface area contributed by atoms with Gasteiger partial charge in [-0.1, -0.05) is 12.1 Å². The number of esters is 1. The minimum absolute atomic E-state index is 0.328. The molecule has 0 spiro atoms. The van der Waals surface area contributed by atoms with Crippen molar-refractivity contribution in [3.8, 4) is 0 Å². The first kappa shape index (κ1) is 21.0. The van der Waals surface area contributed by atoms with E-state index in [9.17, 15) is 9.59 Å². The van der Waals surface area contributed by atoms with Crippen molar-refractivity contribution >= 4 is 23.6 Å². The molecule has 2 heterocycles. The molecule has 2 aromatic rings. The maximum atomic E-state index is 12.4. The van der Waals surface area contributed by atoms with Gasteiger partial charge < -0.3 is 14.6 Å². The first-order valence-electron chi connectivity index (χ1n) is 8.71. The predicted octanol–water partition coefficient (Wildman–Crippen LogP) is 3.44. The number of carbonyl (C=O) groups excluding carboxylic acids is 2. The normalized spacial score (nSPS) is 11.3. The average Bonchev–Trinajstić information content (AvgIpc) is 2.96. The monoisotopic (exact) mass is 391 g/mol. The zero-order valence-electron chi connectivity index (χ0n) is 16.3. The van der Waals surface area contributed by atoms with Crippen molar-refractivity contribution in [1.82, 2.24) is 15.5 Å². The molecule has 2 aromatic heterocycles. The summed E-state index contributed by atoms with van der Waals surface area (Å²) in [5.74, 6) is 0.414. The van der Waals surface area contributed by atoms with Crippen LogP contribution in [0.15, 0.2) is 27.9 Å². The number of amides is 1. The summed E-state index contributed by atoms with van der Waals surface area (Å²) in [4.78, 5) is 28.7. The van der Waals surface area contributed by atoms with E-state index in [0.717, 1.165) is 23.4 Å². The Labute approximate surface area is 163 Å². The summed E-state index contributed by atoms with van der Waals surface area (Å²) in [6.07, 6.45) is 2.39. The summed E-state index contributed by atoms with van der Waals surface area (Å²) in [6, 6.07) is 3.30. The highest BCUT2D eigenvalue weighted by Gasteiger charge is 2.21. The lowest BCUT2D eigenvalue weighted by Crippen LogP contribution is -2.44. The quantitative estimate of drug-likeness (QED) is 0.544. The third-order valence-corrected chi connectivity index (χ3v) is 5.25. The summed E-state index contributed by atoms with van der Waals surface area (Å²) in [7, 11) is 0. The molecule has 0 fully saturated rings. The summed E-state index contributed by atoms with van der Waals surface area (Å²) in [5.41, 5.74) is 1.78. The van der Waals surface area contributed by atoms with Crippen molar-refractivity contribution in [1.29, 1.82) is 0 Å². The van der Waals surface area contributed by atoms with Crippen LogP contribution in [-0.4, -0.2) is 34.2 Å². The van der Waals surface area contributed by atoms with E-state index in [2.05, 4.69) is 15.5 Å². The Balaban J connectivity index is 2.00. The van der Waals surface area contributed by atoms with Crippen LogP contribution in [0.3, 0.4) is 0 Å². The number of nitrogens with zero attached hydrogens (tertiary/aromatic N) is 2. The van der Waals surface area contributed by atoms with Gasteiger partial charge in [0, 0.05) is 23.1 Å². The van der Waals surface area contributed by atoms with Gasteiger partial charge in [-0.25, -0.2) is 9.78 Å². The highest BCUT2D eigenvalue weighted by atomic mass is 32.2. The molecule has 0 bridgehead atoms. The van der Waals surface area contributed by atoms with Crippen LogP contribution in [0.1, 0.15) is 54.6 Å². The van der Waals surface area contributed by atoms with Gasteiger partial charge in [0.05, 0.1) is 11.3 Å². The third kappa shape index (κ3) is 5.82. The Hall–Kier alpha value is -2.35. The van der Waals surface area contributed by atoms with Crippen molar-refractivity contribution < 1.29 is 18.8 Å². The number of pyridine rings is 1. The number of aromatic nitrogens is 2. The van der Waals surface area contributed by atoms with E-state index in [-0.39, 0.29) is 18.1 Å². The van der Waals surface area contributed by atoms with E-state index < -0.39 is 5.97 Å². The first-order valence-corrected chi connectivity index (χ1v) is 9.69. The van der Waals surface area contributed by atoms with Crippen LogP contribution >= 0.6 is 11.8 Å². The van der Waals surface area contributed by atoms with Crippen LogP contribution in [0.2, 0.25) is 0 Å². The Morgan fingerprint density at radius 2 is 2.07 bits per heavy atom. The van der Waals surface area contributed by atoms with Gasteiger partial charge >= 0.3 is 5.97 Å². The Morgan fingerprint density at radius 3 is 2.70 bits per heavy atom. The van der Waals surface area contributed by atoms with Gasteiger partial charge in [0.15, 0.2) is 6.61 Å². The molecule has 0 saturated heterocycles. The SMILES string of the molecule is CCC(C)(C)NC(=O)COC(=O)c1cccnc1SCc1c(C)noc1C. The van der Waals surface area contributed by atoms with Crippen LogP contribution in [-0.2, 0) is 15.3 Å². The molecule has 0 atom stereocenters. The maximum Gasteiger partial charge on any atom is 0.341 e. The van der Waals surface area contributed by atoms with Crippen molar-refractivity contribution in [2.75, 3.05) is 6.61 Å². The van der Waals surface area contributed by atoms with Crippen LogP contribution < -0.4 is 5.32 Å². The molecule has 0 radical (unpaired) electrons. The molecule has 8 heteroatoms. The molecular weight excluding hydrogens is 366 g/mol. The standard InChI is InChI=1S/C19H25N3O4S/c1-6-19(4,5)21-16(23)10-25-18(24)14-8-7-9-20-17(14)27-11-15-12(2)22-26-13(15)3/h7-9H,6,10-11H2,1-5H3,(H,21,23). The second-order valence-electron chi connectivity index (χ2n) is 6.81. The van der Waals surface area contributed by atoms with Crippen LogP contribution in [0.25, 0.3) is 0 Å². The second kappa shape index (κ2) is 9.03. The molecule has 0 aliphatic rings. The minimum atomic E-state index is -0.575. The van der Waals surface area contributed by atoms with Crippen LogP contribution in [0.5, 0.6) is 0 Å². The van der Waals surface area contributed by atoms with Gasteiger partial charge in [-0.3, -0.25) is 4.79 Å². The Morgan fingerprint density at radius 1 is 1.33 bits per heavy atom. The van der Waals surface area contributed by atoms with Gasteiger partial charge in [-0.05, 0) is 46.2 Å². The Bertz CT molecular complexity index is 798. The number of hydrogen-bond acceptors (Lipinski definition) is 7. The van der Waals surface area contributed by atoms with Gasteiger partial charge in [0.2, 0.25) is 0 Å². The van der Waals surface area contributed by atoms with E-state index >= 15 is 0 Å². The fourth-order valence-corrected chi connectivity index (χ4v) is 3.36. The number of hydrogen-bond donors (Lipinski definition) is 1. The molecule has 27 heavy (non-hydrogen) atoms. The van der Waals surface area contributed by atoms with E-state index in [4.69, 9.17) is 9.26 Å². The van der Waals surface area contributed by atoms with Crippen molar-refractivity contribution in [2.45, 2.75) is 57.4 Å². The topological polar surface area (TPSA) is 94.3 Å². The molecule has 7 nitrogen and oxygen atoms in total. The molecule has 146 valence electrons. The van der Waals surface area contributed by atoms with Crippen LogP contribution in [0, 0.1) is 13.8 Å². The molecule has 1 N–H and O–H groups in total. The molecule has 0 aliphatic heterocycles. The lowest BCUT2D eigenvalue weighted by atomic mass is 10.0. The summed E-state index contributed by atoms with van der Waals surface area (Å²) in [5, 5.41) is 7.29. The molecule has 0 aliphatic carbocycles. The first-order chi connectivity index (χ1) is 12.7. The number of thioether (sulfide) groups is 1. The molecule has 2 rings (SSSR count). The number of carbonyl (C=O) groups is 2. The molecule has 0 unspecified atom stereocenters. The van der Waals surface area contributed by atoms with Crippen molar-refractivity contribution in [2.24, 2.45) is 0 Å². The number of ether oxygens (including phenoxy) is 1. The highest BCUT2D eigenvalue weighted by Crippen LogP contribution is 2.27. The lowest BCUT2D eigenvalue weighted by Gasteiger charge is -2.24. The number of nitrogens with one attached hydrogen (secondary N) is 1. The Kier molecular flexibility index (Phi) is 7.01. The maximum absolute atomic E-state index is 12.4. The van der Waals surface area contributed by atoms with E-state index in [0.29, 0.717) is 16.3 Å². The van der Waals surface area contributed by atoms with E-state index in [1.165, 1.54) is 11.8 Å². The molecule has 1 amide bonds. The minimum Gasteiger partial charge on any atom is -0.452 e. The van der Waals surface area contributed by atoms with E-state index in [1.54, 1.807) is 18.3 Å². The number of aryl methyl sites for hydroxylation is 2. The van der Waals surface area contributed by atoms with Crippen molar-refractivity contribution in [3.63, 3.8) is 0 Å². The zero-order valence-corrected chi connectivity index (χ0v) is 17.1. The van der Waals surface area contributed by atoms with Gasteiger partial charge in [-0.15, -0.1) is 11.8 Å². The fourth-order valence-electron chi connectivity index (χ4n) is 2.22. The summed E-state index contributed by atoms with van der Waals surface area (Å²) in [6.45, 7) is 9.19. The largest absolute Gasteiger partial charge is 0.452 e. The zero-order chi connectivity index (χ0) is 20.0. The third-order valence-electron chi connectivity index (χ3n) is 4.22. The second-order valence-corrected chi connectivity index (χ2v) is 7.77. The van der Waals surface area contributed by atoms with E-state index in [1.807, 2.05) is 34.6 Å². The predicted molar refractivity (Wildman–Crippen MR) is 103 cm³/mol. The van der Waals surface area contributed by atoms with Gasteiger partial charge in [0.1, 0.15) is 10.8 Å². The highest BCUT2D eigenvalue weighted by molar-refractivity contribution is 7.98. The summed E-state index contributed by atoms with van der Waals surface area (Å²) >= 11 is 1.40. The lowest BCUT2D eigenvalue weighted by molar-refractivity contribution is -0.125. The average molecular weight is 391 g/mol.